The van der Waals surface area contributed by atoms with E-state index in [0.29, 0.717) is 45.4 Å². The summed E-state index contributed by atoms with van der Waals surface area (Å²) in [6.45, 7) is 3.43. The number of rotatable bonds is 8. The van der Waals surface area contributed by atoms with Crippen molar-refractivity contribution in [1.29, 1.82) is 5.26 Å². The highest BCUT2D eigenvalue weighted by Crippen LogP contribution is 2.52. The first-order chi connectivity index (χ1) is 21.1. The minimum atomic E-state index is -1.01. The normalized spacial score (nSPS) is 23.9. The van der Waals surface area contributed by atoms with Gasteiger partial charge in [0.1, 0.15) is 24.2 Å². The number of ether oxygens (including phenoxy) is 2. The average Bonchev–Trinajstić information content (AvgIpc) is 3.42. The molecule has 2 atom stereocenters. The Morgan fingerprint density at radius 1 is 1.14 bits per heavy atom. The Balaban J connectivity index is 1.13. The number of methoxy groups -OCH3 is 1. The monoisotopic (exact) mass is 594 g/mol. The van der Waals surface area contributed by atoms with Gasteiger partial charge in [-0.1, -0.05) is 0 Å². The van der Waals surface area contributed by atoms with Crippen LogP contribution < -0.4 is 19.7 Å². The van der Waals surface area contributed by atoms with Crippen LogP contribution in [0, 0.1) is 17.2 Å². The summed E-state index contributed by atoms with van der Waals surface area (Å²) in [5, 5.41) is 27.6. The number of hydrogen-bond acceptors (Lipinski definition) is 10. The molecule has 4 fully saturated rings. The molecule has 4 aliphatic rings. The molecule has 44 heavy (non-hydrogen) atoms. The lowest BCUT2D eigenvalue weighted by molar-refractivity contribution is 0.0283. The Labute approximate surface area is 254 Å². The first kappa shape index (κ1) is 28.0. The molecule has 0 spiro atoms. The highest BCUT2D eigenvalue weighted by Gasteiger charge is 2.55. The largest absolute Gasteiger partial charge is 0.489 e. The highest BCUT2D eigenvalue weighted by atomic mass is 16.5. The van der Waals surface area contributed by atoms with E-state index in [0.717, 1.165) is 37.9 Å². The second-order valence-corrected chi connectivity index (χ2v) is 12.9. The Kier molecular flexibility index (Phi) is 6.66. The van der Waals surface area contributed by atoms with E-state index in [2.05, 4.69) is 26.4 Å². The molecule has 0 radical (unpaired) electrons. The van der Waals surface area contributed by atoms with Crippen LogP contribution in [0.25, 0.3) is 16.8 Å². The van der Waals surface area contributed by atoms with Gasteiger partial charge in [-0.05, 0) is 64.0 Å². The van der Waals surface area contributed by atoms with Crippen molar-refractivity contribution in [3.8, 4) is 29.0 Å². The lowest BCUT2D eigenvalue weighted by Crippen LogP contribution is -2.69. The van der Waals surface area contributed by atoms with Gasteiger partial charge in [-0.3, -0.25) is 9.78 Å². The van der Waals surface area contributed by atoms with E-state index in [1.807, 2.05) is 0 Å². The van der Waals surface area contributed by atoms with Gasteiger partial charge in [0, 0.05) is 35.4 Å². The van der Waals surface area contributed by atoms with Gasteiger partial charge >= 0.3 is 0 Å². The zero-order chi connectivity index (χ0) is 30.6. The lowest BCUT2D eigenvalue weighted by atomic mass is 9.59. The van der Waals surface area contributed by atoms with Crippen LogP contribution >= 0.6 is 0 Å². The number of pyridine rings is 2. The van der Waals surface area contributed by atoms with Gasteiger partial charge in [-0.15, -0.1) is 0 Å². The topological polar surface area (TPSA) is 151 Å². The van der Waals surface area contributed by atoms with E-state index in [9.17, 15) is 15.2 Å². The number of nitrogens with one attached hydrogen (secondary N) is 1. The number of carbonyl (C=O) groups excluding carboxylic acids is 1. The molecule has 8 rings (SSSR count). The number of fused-ring (bicyclic) bond motifs is 1. The first-order valence-electron chi connectivity index (χ1n) is 14.8. The van der Waals surface area contributed by atoms with Crippen LogP contribution in [-0.2, 0) is 0 Å². The van der Waals surface area contributed by atoms with Crippen LogP contribution in [0.1, 0.15) is 61.9 Å². The van der Waals surface area contributed by atoms with Crippen LogP contribution in [0.15, 0.2) is 49.2 Å². The molecular weight excluding hydrogens is 560 g/mol. The Hall–Kier alpha value is -4.76. The molecular formula is C32H34N8O4. The van der Waals surface area contributed by atoms with Gasteiger partial charge in [-0.2, -0.15) is 10.4 Å². The van der Waals surface area contributed by atoms with Gasteiger partial charge in [0.25, 0.3) is 5.91 Å². The standard InChI is InChI=1S/C32H34N8O4/c1-31(2,42)18-44-24-8-25(29-21(12-33)14-37-39(29)17-24)26-15-35-27(16-34-26)40-22-6-19-7-23(40)11-32(9-19,10-22)38-30(41)20-4-5-28(43-3)36-13-20/h4-5,8,13-17,19,22-23,42H,6-7,9-11,18H2,1-3H3,(H,38,41). The number of nitrogens with zero attached hydrogens (tertiary/aromatic N) is 7. The minimum absolute atomic E-state index is 0.0899. The second-order valence-electron chi connectivity index (χ2n) is 12.9. The van der Waals surface area contributed by atoms with Crippen molar-refractivity contribution in [1.82, 2.24) is 29.9 Å². The van der Waals surface area contributed by atoms with E-state index >= 15 is 0 Å². The first-order valence-corrected chi connectivity index (χ1v) is 14.8. The molecule has 226 valence electrons. The SMILES string of the molecule is COc1ccc(C(=O)NC23CC4CC(C2)N(c2cnc(-c5cc(OCC(C)(C)O)cn6ncc(C#N)c56)cn2)C(C4)C3)cn1. The van der Waals surface area contributed by atoms with E-state index in [-0.39, 0.29) is 30.1 Å². The average molecular weight is 595 g/mol. The molecule has 2 saturated heterocycles. The fourth-order valence-corrected chi connectivity index (χ4v) is 7.41. The number of piperidine rings is 2. The maximum Gasteiger partial charge on any atom is 0.253 e. The molecule has 2 N–H and O–H groups in total. The summed E-state index contributed by atoms with van der Waals surface area (Å²) in [4.78, 5) is 29.5. The number of aliphatic hydroxyl groups is 1. The van der Waals surface area contributed by atoms with Crippen molar-refractivity contribution in [2.45, 2.75) is 69.2 Å². The zero-order valence-corrected chi connectivity index (χ0v) is 24.9. The van der Waals surface area contributed by atoms with Crippen molar-refractivity contribution >= 4 is 17.2 Å². The number of hydrogen-bond donors (Lipinski definition) is 2. The summed E-state index contributed by atoms with van der Waals surface area (Å²) >= 11 is 0. The van der Waals surface area contributed by atoms with Crippen molar-refractivity contribution in [3.05, 3.63) is 60.3 Å². The fraction of sp³-hybridized carbons (Fsp3) is 0.438. The molecule has 2 saturated carbocycles. The highest BCUT2D eigenvalue weighted by molar-refractivity contribution is 5.94. The Morgan fingerprint density at radius 3 is 2.57 bits per heavy atom. The smallest absolute Gasteiger partial charge is 0.253 e. The number of anilines is 1. The molecule has 2 unspecified atom stereocenters. The lowest BCUT2D eigenvalue weighted by Gasteiger charge is -2.62. The van der Waals surface area contributed by atoms with Crippen LogP contribution in [0.4, 0.5) is 5.82 Å². The molecule has 12 heteroatoms. The summed E-state index contributed by atoms with van der Waals surface area (Å²) in [7, 11) is 1.55. The molecule has 2 aliphatic carbocycles. The predicted molar refractivity (Wildman–Crippen MR) is 160 cm³/mol. The molecule has 2 aliphatic heterocycles. The van der Waals surface area contributed by atoms with Gasteiger partial charge in [0.05, 0.1) is 59.8 Å². The summed E-state index contributed by atoms with van der Waals surface area (Å²) in [5.74, 6) is 2.23. The van der Waals surface area contributed by atoms with Crippen LogP contribution in [0.2, 0.25) is 0 Å². The van der Waals surface area contributed by atoms with Gasteiger partial charge in [0.2, 0.25) is 5.88 Å². The molecule has 4 aromatic rings. The van der Waals surface area contributed by atoms with Crippen molar-refractivity contribution < 1.29 is 19.4 Å². The molecule has 12 nitrogen and oxygen atoms in total. The molecule has 0 aromatic carbocycles. The third kappa shape index (κ3) is 5.07. The van der Waals surface area contributed by atoms with Gasteiger partial charge < -0.3 is 24.8 Å². The van der Waals surface area contributed by atoms with E-state index < -0.39 is 5.60 Å². The maximum absolute atomic E-state index is 13.2. The maximum atomic E-state index is 13.2. The van der Waals surface area contributed by atoms with Crippen molar-refractivity contribution in [2.75, 3.05) is 18.6 Å². The van der Waals surface area contributed by atoms with E-state index in [1.165, 1.54) is 6.20 Å². The van der Waals surface area contributed by atoms with Crippen molar-refractivity contribution in [2.24, 2.45) is 5.92 Å². The third-order valence-corrected chi connectivity index (χ3v) is 8.99. The molecule has 4 bridgehead atoms. The quantitative estimate of drug-likeness (QED) is 0.310. The van der Waals surface area contributed by atoms with Gasteiger partial charge in [0.15, 0.2) is 0 Å². The number of aromatic nitrogens is 5. The van der Waals surface area contributed by atoms with Crippen LogP contribution in [-0.4, -0.2) is 72.5 Å². The second kappa shape index (κ2) is 10.4. The number of amides is 1. The Morgan fingerprint density at radius 2 is 1.93 bits per heavy atom. The zero-order valence-electron chi connectivity index (χ0n) is 24.9. The summed E-state index contributed by atoms with van der Waals surface area (Å²) < 4.78 is 12.6. The van der Waals surface area contributed by atoms with Crippen molar-refractivity contribution in [3.63, 3.8) is 0 Å². The van der Waals surface area contributed by atoms with Crippen LogP contribution in [0.3, 0.4) is 0 Å². The third-order valence-electron chi connectivity index (χ3n) is 8.99. The summed E-state index contributed by atoms with van der Waals surface area (Å²) in [6.07, 6.45) is 13.1. The number of nitriles is 1. The molecule has 6 heterocycles. The van der Waals surface area contributed by atoms with Crippen LogP contribution in [0.5, 0.6) is 11.6 Å². The number of carbonyl (C=O) groups is 1. The van der Waals surface area contributed by atoms with E-state index in [1.54, 1.807) is 68.5 Å². The molecule has 1 amide bonds. The predicted octanol–water partition coefficient (Wildman–Crippen LogP) is 3.54. The summed E-state index contributed by atoms with van der Waals surface area (Å²) in [5.41, 5.74) is 1.56. The minimum Gasteiger partial charge on any atom is -0.489 e. The summed E-state index contributed by atoms with van der Waals surface area (Å²) in [6, 6.07) is 7.97. The Bertz CT molecular complexity index is 1740. The fourth-order valence-electron chi connectivity index (χ4n) is 7.41. The van der Waals surface area contributed by atoms with E-state index in [4.69, 9.17) is 19.4 Å². The molecule has 4 aromatic heterocycles. The van der Waals surface area contributed by atoms with Gasteiger partial charge in [-0.25, -0.2) is 14.5 Å².